The Kier molecular flexibility index (Phi) is 11.3. The van der Waals surface area contributed by atoms with Crippen LogP contribution in [0.5, 0.6) is 5.75 Å². The van der Waals surface area contributed by atoms with E-state index >= 15 is 0 Å². The van der Waals surface area contributed by atoms with Crippen LogP contribution in [-0.2, 0) is 39.8 Å². The normalized spacial score (nSPS) is 20.1. The van der Waals surface area contributed by atoms with Crippen LogP contribution in [0.25, 0.3) is 0 Å². The fourth-order valence-electron chi connectivity index (χ4n) is 5.13. The van der Waals surface area contributed by atoms with Crippen molar-refractivity contribution in [3.8, 4) is 5.75 Å². The van der Waals surface area contributed by atoms with Gasteiger partial charge in [-0.05, 0) is 59.2 Å². The van der Waals surface area contributed by atoms with Gasteiger partial charge in [0.2, 0.25) is 5.54 Å². The quantitative estimate of drug-likeness (QED) is 0.0804. The molecule has 0 bridgehead atoms. The van der Waals surface area contributed by atoms with E-state index in [1.165, 1.54) is 4.90 Å². The van der Waals surface area contributed by atoms with Crippen molar-refractivity contribution >= 4 is 29.8 Å². The Balaban J connectivity index is 1.69. The van der Waals surface area contributed by atoms with Gasteiger partial charge >= 0.3 is 24.0 Å². The number of amidine groups is 1. The van der Waals surface area contributed by atoms with Gasteiger partial charge in [0, 0.05) is 32.6 Å². The van der Waals surface area contributed by atoms with Crippen LogP contribution in [0.2, 0.25) is 0 Å². The monoisotopic (exact) mass is 648 g/mol. The van der Waals surface area contributed by atoms with E-state index in [1.54, 1.807) is 70.7 Å². The Morgan fingerprint density at radius 2 is 1.54 bits per heavy atom. The Hall–Kier alpha value is -3.95. The third-order valence-electron chi connectivity index (χ3n) is 7.36. The number of nitrogens with one attached hydrogen (secondary N) is 2. The number of benzene rings is 1. The molecule has 1 aromatic carbocycles. The molecular formula is C31H48N6O9. The Labute approximate surface area is 269 Å². The average Bonchev–Trinajstić information content (AvgIpc) is 3.31. The summed E-state index contributed by atoms with van der Waals surface area (Å²) in [5, 5.41) is 11.7. The van der Waals surface area contributed by atoms with Crippen molar-refractivity contribution in [2.75, 3.05) is 53.0 Å². The molecule has 1 aromatic rings. The lowest BCUT2D eigenvalue weighted by Gasteiger charge is -2.45. The number of hydrogen-bond acceptors (Lipinski definition) is 13. The molecule has 15 heteroatoms. The maximum Gasteiger partial charge on any atom is 0.410 e. The average molecular weight is 649 g/mol. The molecule has 0 spiro atoms. The number of amides is 1. The van der Waals surface area contributed by atoms with Crippen LogP contribution < -0.4 is 21.5 Å². The van der Waals surface area contributed by atoms with Gasteiger partial charge in [0.1, 0.15) is 29.4 Å². The highest BCUT2D eigenvalue weighted by molar-refractivity contribution is 6.09. The molecule has 3 unspecified atom stereocenters. The van der Waals surface area contributed by atoms with Gasteiger partial charge in [-0.1, -0.05) is 12.1 Å². The van der Waals surface area contributed by atoms with Crippen molar-refractivity contribution in [1.29, 1.82) is 5.41 Å². The molecule has 0 aliphatic carbocycles. The molecule has 3 rings (SSSR count). The molecule has 46 heavy (non-hydrogen) atoms. The first-order valence-corrected chi connectivity index (χ1v) is 15.1. The number of hydrogen-bond donors (Lipinski definition) is 4. The minimum absolute atomic E-state index is 0.00434. The van der Waals surface area contributed by atoms with Crippen LogP contribution in [0.1, 0.15) is 47.1 Å². The molecule has 256 valence electrons. The van der Waals surface area contributed by atoms with Crippen molar-refractivity contribution in [2.24, 2.45) is 11.5 Å². The zero-order valence-corrected chi connectivity index (χ0v) is 27.8. The molecule has 0 aromatic heterocycles. The van der Waals surface area contributed by atoms with Crippen molar-refractivity contribution in [3.63, 3.8) is 0 Å². The molecule has 0 saturated carbocycles. The zero-order chi connectivity index (χ0) is 34.5. The van der Waals surface area contributed by atoms with Gasteiger partial charge in [-0.25, -0.2) is 19.2 Å². The Morgan fingerprint density at radius 1 is 0.978 bits per heavy atom. The second-order valence-corrected chi connectivity index (χ2v) is 13.5. The fraction of sp³-hybridized carbons (Fsp3) is 0.645. The SMILES string of the molecule is COC(=O)C(N)(Cc1ccc(OCC2CN(CC(C(=N)N)(C(=O)OC(C)(C)C)N3CCNCC3)C(=O)O2)cc1)C(=O)OC(C)(C)C. The summed E-state index contributed by atoms with van der Waals surface area (Å²) in [6.45, 7) is 12.1. The number of esters is 3. The number of methoxy groups -OCH3 is 1. The number of carbonyl (C=O) groups excluding carboxylic acids is 4. The maximum atomic E-state index is 13.6. The molecule has 0 radical (unpaired) electrons. The summed E-state index contributed by atoms with van der Waals surface area (Å²) in [5.74, 6) is -2.52. The smallest absolute Gasteiger partial charge is 0.410 e. The number of cyclic esters (lactones) is 1. The maximum absolute atomic E-state index is 13.6. The van der Waals surface area contributed by atoms with Gasteiger partial charge in [-0.2, -0.15) is 0 Å². The van der Waals surface area contributed by atoms with Gasteiger partial charge in [-0.3, -0.25) is 10.3 Å². The number of carbonyl (C=O) groups is 4. The molecule has 3 atom stereocenters. The summed E-state index contributed by atoms with van der Waals surface area (Å²) in [5.41, 5.74) is 7.41. The van der Waals surface area contributed by atoms with E-state index in [0.29, 0.717) is 37.5 Å². The van der Waals surface area contributed by atoms with Gasteiger partial charge in [0.05, 0.1) is 20.2 Å². The predicted octanol–water partition coefficient (Wildman–Crippen LogP) is 0.563. The Morgan fingerprint density at radius 3 is 2.07 bits per heavy atom. The first-order valence-electron chi connectivity index (χ1n) is 15.1. The summed E-state index contributed by atoms with van der Waals surface area (Å²) >= 11 is 0. The van der Waals surface area contributed by atoms with Crippen molar-refractivity contribution in [3.05, 3.63) is 29.8 Å². The summed E-state index contributed by atoms with van der Waals surface area (Å²) in [4.78, 5) is 55.0. The third-order valence-corrected chi connectivity index (χ3v) is 7.36. The lowest BCUT2D eigenvalue weighted by atomic mass is 9.91. The number of piperazine rings is 1. The van der Waals surface area contributed by atoms with Gasteiger partial charge in [-0.15, -0.1) is 0 Å². The largest absolute Gasteiger partial charge is 0.490 e. The minimum Gasteiger partial charge on any atom is -0.490 e. The van der Waals surface area contributed by atoms with Crippen molar-refractivity contribution in [1.82, 2.24) is 15.1 Å². The van der Waals surface area contributed by atoms with Gasteiger partial charge in [0.25, 0.3) is 0 Å². The summed E-state index contributed by atoms with van der Waals surface area (Å²) in [6.07, 6.45) is -1.52. The molecular weight excluding hydrogens is 600 g/mol. The number of nitrogens with zero attached hydrogens (tertiary/aromatic N) is 2. The van der Waals surface area contributed by atoms with Crippen LogP contribution in [0, 0.1) is 5.41 Å². The van der Waals surface area contributed by atoms with Gasteiger partial charge in [0.15, 0.2) is 11.6 Å². The van der Waals surface area contributed by atoms with Gasteiger partial charge < -0.3 is 45.4 Å². The van der Waals surface area contributed by atoms with E-state index in [4.69, 9.17) is 40.6 Å². The lowest BCUT2D eigenvalue weighted by Crippen LogP contribution is -2.71. The van der Waals surface area contributed by atoms with Crippen molar-refractivity contribution < 1.29 is 42.9 Å². The van der Waals surface area contributed by atoms with Crippen LogP contribution in [0.4, 0.5) is 4.79 Å². The second-order valence-electron chi connectivity index (χ2n) is 13.5. The summed E-state index contributed by atoms with van der Waals surface area (Å²) in [6, 6.07) is 6.55. The molecule has 2 aliphatic heterocycles. The fourth-order valence-corrected chi connectivity index (χ4v) is 5.13. The zero-order valence-electron chi connectivity index (χ0n) is 27.8. The second kappa shape index (κ2) is 14.2. The van der Waals surface area contributed by atoms with E-state index in [1.807, 2.05) is 0 Å². The predicted molar refractivity (Wildman–Crippen MR) is 167 cm³/mol. The topological polar surface area (TPSA) is 209 Å². The third kappa shape index (κ3) is 8.85. The highest BCUT2D eigenvalue weighted by Crippen LogP contribution is 2.27. The van der Waals surface area contributed by atoms with E-state index in [9.17, 15) is 19.2 Å². The standard InChI is InChI=1S/C31H48N6O9/c1-28(2,3)45-25(39)30(34,24(38)42-7)16-20-8-10-21(11-9-20)43-18-22-17-36(27(41)44-22)19-31(23(32)33,26(40)46-29(4,5)6)37-14-12-35-13-15-37/h8-11,22,35H,12-19,34H2,1-7H3,(H3,32,33). The molecule has 1 amide bonds. The van der Waals surface area contributed by atoms with E-state index < -0.39 is 58.2 Å². The van der Waals surface area contributed by atoms with Crippen LogP contribution in [0.15, 0.2) is 24.3 Å². The summed E-state index contributed by atoms with van der Waals surface area (Å²) in [7, 11) is 1.14. The summed E-state index contributed by atoms with van der Waals surface area (Å²) < 4.78 is 27.3. The first-order chi connectivity index (χ1) is 21.3. The highest BCUT2D eigenvalue weighted by atomic mass is 16.6. The van der Waals surface area contributed by atoms with E-state index in [0.717, 1.165) is 7.11 Å². The van der Waals surface area contributed by atoms with Crippen LogP contribution in [-0.4, -0.2) is 121 Å². The highest BCUT2D eigenvalue weighted by Gasteiger charge is 2.53. The number of ether oxygens (including phenoxy) is 5. The van der Waals surface area contributed by atoms with Crippen LogP contribution >= 0.6 is 0 Å². The van der Waals surface area contributed by atoms with Crippen LogP contribution in [0.3, 0.4) is 0 Å². The minimum atomic E-state index is -2.05. The molecule has 2 heterocycles. The van der Waals surface area contributed by atoms with E-state index in [2.05, 4.69) is 5.32 Å². The van der Waals surface area contributed by atoms with E-state index in [-0.39, 0.29) is 26.1 Å². The molecule has 2 fully saturated rings. The number of nitrogens with two attached hydrogens (primary N) is 2. The molecule has 2 aliphatic rings. The Bertz CT molecular complexity index is 1290. The molecule has 6 N–H and O–H groups in total. The molecule has 2 saturated heterocycles. The molecule has 15 nitrogen and oxygen atoms in total. The first kappa shape index (κ1) is 36.5. The number of rotatable bonds is 12. The lowest BCUT2D eigenvalue weighted by molar-refractivity contribution is -0.170. The van der Waals surface area contributed by atoms with Crippen molar-refractivity contribution in [2.45, 2.75) is 76.3 Å².